The molecule has 0 unspecified atom stereocenters. The molecule has 0 aliphatic rings. The summed E-state index contributed by atoms with van der Waals surface area (Å²) < 4.78 is 118. The van der Waals surface area contributed by atoms with E-state index in [9.17, 15) is 79.6 Å². The van der Waals surface area contributed by atoms with Crippen molar-refractivity contribution in [3.63, 3.8) is 0 Å². The number of carbonyl (C=O) groups excluding carboxylic acids is 3. The Bertz CT molecular complexity index is 4220. The zero-order valence-corrected chi connectivity index (χ0v) is 55.0. The number of aliphatic hydroxyl groups excluding tert-OH is 4. The zero-order valence-electron chi connectivity index (χ0n) is 52.6. The molecule has 34 heteroatoms. The molecule has 3 aromatic carbocycles. The molecule has 0 saturated carbocycles. The molecule has 22 nitrogen and oxygen atoms in total. The standard InChI is InChI=1S/C23H20F3N5O2S.C22H20F4N4O2S.C21H20ClF2N5O4/c1-2-31(7-8-32)21-20(16-9-15(11-27)12-28-13-16)10-17(14-29-21)22(33)30-18-3-5-19(6-4-18)34-23(24,25)26;1-2-30(7-8-31)20-19(14-9-16(23)13-27-11-14)10-15(12-28-20)21(32)29-17-3-5-18(6-4-17)33-22(24,25)26;22-21(23,24)33-17-3-1-16(2-4-17)28-20(32)14-9-18(15-10-25-13-26-11-15)19(27-12-14)29(5-7-30)6-8-31/h3-6,9-10,12-14,32H,2,7-8H2,1H3,(H,30,33);3-6,9-13,31H,2,7-8H2,1H3,(H,29,32);1-4,9-13,30-31H,5-8H2,(H,28,32). The summed E-state index contributed by atoms with van der Waals surface area (Å²) in [4.78, 5) is 72.8. The molecule has 0 aliphatic carbocycles. The van der Waals surface area contributed by atoms with Crippen molar-refractivity contribution < 1.29 is 79.1 Å². The van der Waals surface area contributed by atoms with Crippen molar-refractivity contribution in [2.45, 2.75) is 40.2 Å². The average molecular weight is 1450 g/mol. The second-order valence-electron chi connectivity index (χ2n) is 20.5. The van der Waals surface area contributed by atoms with Gasteiger partial charge in [0.05, 0.1) is 54.9 Å². The van der Waals surface area contributed by atoms with Gasteiger partial charge in [-0.15, -0.1) is 8.78 Å². The number of benzene rings is 3. The van der Waals surface area contributed by atoms with Crippen LogP contribution in [-0.4, -0.2) is 155 Å². The van der Waals surface area contributed by atoms with Gasteiger partial charge in [0.1, 0.15) is 41.4 Å². The van der Waals surface area contributed by atoms with Crippen LogP contribution in [0.25, 0.3) is 33.4 Å². The minimum Gasteiger partial charge on any atom is -0.420 e. The zero-order chi connectivity index (χ0) is 72.6. The van der Waals surface area contributed by atoms with Crippen molar-refractivity contribution in [3.8, 4) is 45.2 Å². The summed E-state index contributed by atoms with van der Waals surface area (Å²) in [6.07, 6.45) is 14.0. The number of nitrogens with one attached hydrogen (secondary N) is 3. The van der Waals surface area contributed by atoms with E-state index in [1.54, 1.807) is 46.6 Å². The molecule has 0 aliphatic heterocycles. The maximum atomic E-state index is 13.8. The topological polar surface area (TPSA) is 301 Å². The highest BCUT2D eigenvalue weighted by atomic mass is 35.5. The summed E-state index contributed by atoms with van der Waals surface area (Å²) in [5.41, 5.74) is -7.69. The number of ether oxygens (including phenoxy) is 1. The summed E-state index contributed by atoms with van der Waals surface area (Å²) >= 11 is 4.26. The lowest BCUT2D eigenvalue weighted by Gasteiger charge is -2.24. The summed E-state index contributed by atoms with van der Waals surface area (Å²) in [5.74, 6) is -0.879. The Morgan fingerprint density at radius 2 is 0.860 bits per heavy atom. The van der Waals surface area contributed by atoms with Crippen molar-refractivity contribution >= 4 is 87.4 Å². The fourth-order valence-electron chi connectivity index (χ4n) is 9.25. The number of nitriles is 1. The Kier molecular flexibility index (Phi) is 28.2. The average Bonchev–Trinajstić information content (AvgIpc) is 0.795. The van der Waals surface area contributed by atoms with Crippen LogP contribution >= 0.6 is 35.1 Å². The van der Waals surface area contributed by atoms with Gasteiger partial charge in [-0.25, -0.2) is 29.3 Å². The van der Waals surface area contributed by atoms with Gasteiger partial charge in [-0.1, -0.05) is 0 Å². The number of hydrogen-bond acceptors (Lipinski definition) is 21. The molecule has 0 fully saturated rings. The molecule has 0 atom stereocenters. The number of halogens is 10. The van der Waals surface area contributed by atoms with E-state index in [1.165, 1.54) is 122 Å². The Morgan fingerprint density at radius 3 is 1.23 bits per heavy atom. The van der Waals surface area contributed by atoms with Crippen molar-refractivity contribution in [3.05, 3.63) is 193 Å². The third-order valence-electron chi connectivity index (χ3n) is 13.6. The molecule has 9 rings (SSSR count). The molecule has 6 heterocycles. The molecule has 0 radical (unpaired) electrons. The molecule has 100 heavy (non-hydrogen) atoms. The Hall–Kier alpha value is -10.2. The van der Waals surface area contributed by atoms with Gasteiger partial charge in [-0.3, -0.25) is 24.4 Å². The van der Waals surface area contributed by atoms with Gasteiger partial charge in [-0.05, 0) is 140 Å². The van der Waals surface area contributed by atoms with E-state index in [4.69, 9.17) is 11.6 Å². The van der Waals surface area contributed by atoms with Gasteiger partial charge in [0.2, 0.25) is 0 Å². The van der Waals surface area contributed by atoms with Crippen molar-refractivity contribution in [2.24, 2.45) is 0 Å². The molecular weight excluding hydrogens is 1390 g/mol. The van der Waals surface area contributed by atoms with Crippen LogP contribution in [0.15, 0.2) is 175 Å². The number of aliphatic hydroxyl groups is 4. The molecular formula is C66H60ClF9N14O8S2. The fraction of sp³-hybridized carbons (Fsp3) is 0.227. The SMILES string of the molecule is CCN(CCO)c1ncc(C(=O)Nc2ccc(SC(F)(F)F)cc2)cc1-c1cncc(C#N)c1.CCN(CCO)c1ncc(C(=O)Nc2ccc(SC(F)(F)F)cc2)cc1-c1cncc(F)c1.O=C(Nc1ccc(OC(F)(F)Cl)cc1)c1cnc(N(CCO)CCO)c(-c2cncnc2)c1. The number of carbonyl (C=O) groups is 3. The molecule has 0 saturated heterocycles. The second kappa shape index (κ2) is 36.6. The third kappa shape index (κ3) is 23.5. The number of amides is 3. The van der Waals surface area contributed by atoms with Crippen molar-refractivity contribution in [1.82, 2.24) is 34.9 Å². The molecule has 0 spiro atoms. The lowest BCUT2D eigenvalue weighted by Crippen LogP contribution is -2.31. The summed E-state index contributed by atoms with van der Waals surface area (Å²) in [6.45, 7) is 5.30. The number of thioether (sulfide) groups is 2. The smallest absolute Gasteiger partial charge is 0.420 e. The first kappa shape index (κ1) is 77.1. The highest BCUT2D eigenvalue weighted by Crippen LogP contribution is 2.39. The molecule has 6 aromatic heterocycles. The molecule has 9 aromatic rings. The highest BCUT2D eigenvalue weighted by Gasteiger charge is 2.31. The Balaban J connectivity index is 0.000000211. The third-order valence-corrected chi connectivity index (χ3v) is 15.2. The van der Waals surface area contributed by atoms with Gasteiger partial charge < -0.3 is 55.8 Å². The highest BCUT2D eigenvalue weighted by molar-refractivity contribution is 8.00. The van der Waals surface area contributed by atoms with E-state index in [2.05, 4.69) is 55.6 Å². The second-order valence-corrected chi connectivity index (χ2v) is 23.2. The van der Waals surface area contributed by atoms with Crippen LogP contribution in [0.3, 0.4) is 0 Å². The number of anilines is 6. The van der Waals surface area contributed by atoms with Gasteiger partial charge >= 0.3 is 16.6 Å². The number of alkyl halides is 9. The molecule has 3 amide bonds. The van der Waals surface area contributed by atoms with Crippen LogP contribution in [-0.2, 0) is 0 Å². The van der Waals surface area contributed by atoms with Gasteiger partial charge in [-0.2, -0.15) is 31.6 Å². The summed E-state index contributed by atoms with van der Waals surface area (Å²) in [5, 5.41) is 54.7. The first-order valence-electron chi connectivity index (χ1n) is 29.7. The summed E-state index contributed by atoms with van der Waals surface area (Å²) in [7, 11) is 0. The van der Waals surface area contributed by atoms with E-state index in [0.29, 0.717) is 93.1 Å². The molecule has 0 bridgehead atoms. The largest absolute Gasteiger partial charge is 0.487 e. The predicted octanol–water partition coefficient (Wildman–Crippen LogP) is 12.4. The predicted molar refractivity (Wildman–Crippen MR) is 360 cm³/mol. The van der Waals surface area contributed by atoms with E-state index < -0.39 is 40.1 Å². The van der Waals surface area contributed by atoms with Crippen LogP contribution in [0, 0.1) is 17.1 Å². The molecule has 524 valence electrons. The fourth-order valence-corrected chi connectivity index (χ4v) is 10.4. The number of likely N-dealkylation sites (N-methyl/N-ethyl adjacent to an activating group) is 2. The lowest BCUT2D eigenvalue weighted by molar-refractivity contribution is -0.0965. The van der Waals surface area contributed by atoms with E-state index in [0.717, 1.165) is 6.20 Å². The van der Waals surface area contributed by atoms with Crippen LogP contribution < -0.4 is 35.4 Å². The Morgan fingerprint density at radius 1 is 0.500 bits per heavy atom. The number of nitrogens with zero attached hydrogens (tertiary/aromatic N) is 11. The van der Waals surface area contributed by atoms with Crippen molar-refractivity contribution in [2.75, 3.05) is 96.3 Å². The van der Waals surface area contributed by atoms with Gasteiger partial charge in [0, 0.05) is 161 Å². The maximum absolute atomic E-state index is 13.8. The van der Waals surface area contributed by atoms with E-state index >= 15 is 0 Å². The minimum atomic E-state index is -4.40. The molecule has 7 N–H and O–H groups in total. The van der Waals surface area contributed by atoms with Gasteiger partial charge in [0.25, 0.3) is 17.7 Å². The monoisotopic (exact) mass is 1450 g/mol. The number of aromatic nitrogens is 7. The van der Waals surface area contributed by atoms with Crippen LogP contribution in [0.4, 0.5) is 74.0 Å². The minimum absolute atomic E-state index is 0.00375. The van der Waals surface area contributed by atoms with Gasteiger partial charge in [0.15, 0.2) is 0 Å². The van der Waals surface area contributed by atoms with Crippen LogP contribution in [0.5, 0.6) is 5.75 Å². The normalized spacial score (nSPS) is 11.2. The van der Waals surface area contributed by atoms with E-state index in [1.807, 2.05) is 24.8 Å². The first-order valence-corrected chi connectivity index (χ1v) is 31.7. The number of hydrogen-bond donors (Lipinski definition) is 7. The number of pyridine rings is 5. The first-order chi connectivity index (χ1) is 47.7. The van der Waals surface area contributed by atoms with E-state index in [-0.39, 0.29) is 102 Å². The Labute approximate surface area is 579 Å². The summed E-state index contributed by atoms with van der Waals surface area (Å²) in [6, 6.07) is 25.4. The van der Waals surface area contributed by atoms with Crippen molar-refractivity contribution in [1.29, 1.82) is 5.26 Å². The lowest BCUT2D eigenvalue weighted by atomic mass is 10.0. The van der Waals surface area contributed by atoms with Crippen LogP contribution in [0.1, 0.15) is 50.5 Å². The quantitative estimate of drug-likeness (QED) is 0.0151. The van der Waals surface area contributed by atoms with Crippen LogP contribution in [0.2, 0.25) is 0 Å². The number of rotatable bonds is 26. The maximum Gasteiger partial charge on any atom is 0.487 e.